The number of carboxylic acid groups (broad SMARTS) is 1. The monoisotopic (exact) mass is 400 g/mol. The lowest BCUT2D eigenvalue weighted by Gasteiger charge is -2.14. The van der Waals surface area contributed by atoms with Crippen LogP contribution in [0, 0.1) is 5.92 Å². The highest BCUT2D eigenvalue weighted by atomic mass is 16.5. The number of aliphatic carboxylic acids is 1. The molecule has 2 aromatic rings. The van der Waals surface area contributed by atoms with Crippen molar-refractivity contribution in [2.24, 2.45) is 5.92 Å². The van der Waals surface area contributed by atoms with Gasteiger partial charge in [-0.1, -0.05) is 26.0 Å². The van der Waals surface area contributed by atoms with E-state index in [0.717, 1.165) is 12.0 Å². The quantitative estimate of drug-likeness (QED) is 0.547. The number of ether oxygens (including phenoxy) is 2. The summed E-state index contributed by atoms with van der Waals surface area (Å²) >= 11 is 0. The van der Waals surface area contributed by atoms with Crippen LogP contribution in [0.5, 0.6) is 17.2 Å². The Morgan fingerprint density at radius 1 is 1.03 bits per heavy atom. The molecule has 0 radical (unpaired) electrons. The molecule has 2 aromatic carbocycles. The Bertz CT molecular complexity index is 839. The normalized spacial score (nSPS) is 10.8. The van der Waals surface area contributed by atoms with E-state index in [1.165, 1.54) is 0 Å². The molecule has 0 aromatic heterocycles. The Morgan fingerprint density at radius 3 is 2.31 bits per heavy atom. The molecule has 156 valence electrons. The fraction of sp³-hybridized carbons (Fsp3) is 0.391. The van der Waals surface area contributed by atoms with Crippen LogP contribution >= 0.6 is 0 Å². The summed E-state index contributed by atoms with van der Waals surface area (Å²) in [5, 5.41) is 19.3. The van der Waals surface area contributed by atoms with Crippen LogP contribution < -0.4 is 9.47 Å². The minimum atomic E-state index is -1.04. The van der Waals surface area contributed by atoms with Gasteiger partial charge in [0, 0.05) is 12.0 Å². The zero-order valence-electron chi connectivity index (χ0n) is 17.1. The third kappa shape index (κ3) is 6.52. The highest BCUT2D eigenvalue weighted by Crippen LogP contribution is 2.34. The number of hydrogen-bond acceptors (Lipinski definition) is 5. The zero-order chi connectivity index (χ0) is 21.4. The Hall–Kier alpha value is -3.02. The highest BCUT2D eigenvalue weighted by molar-refractivity contribution is 5.99. The lowest BCUT2D eigenvalue weighted by atomic mass is 9.95. The highest BCUT2D eigenvalue weighted by Gasteiger charge is 2.18. The predicted molar refractivity (Wildman–Crippen MR) is 110 cm³/mol. The first-order valence-corrected chi connectivity index (χ1v) is 9.67. The van der Waals surface area contributed by atoms with Crippen molar-refractivity contribution in [2.45, 2.75) is 39.5 Å². The summed E-state index contributed by atoms with van der Waals surface area (Å²) in [6.45, 7) is 3.82. The molecular formula is C23H28O6. The van der Waals surface area contributed by atoms with Crippen molar-refractivity contribution in [3.8, 4) is 17.2 Å². The molecule has 0 saturated carbocycles. The van der Waals surface area contributed by atoms with Crippen LogP contribution in [-0.2, 0) is 17.6 Å². The van der Waals surface area contributed by atoms with Crippen molar-refractivity contribution >= 4 is 11.8 Å². The third-order valence-electron chi connectivity index (χ3n) is 4.66. The number of benzene rings is 2. The molecule has 0 spiro atoms. The lowest BCUT2D eigenvalue weighted by molar-refractivity contribution is -0.139. The maximum atomic E-state index is 12.7. The molecule has 0 fully saturated rings. The van der Waals surface area contributed by atoms with E-state index >= 15 is 0 Å². The summed E-state index contributed by atoms with van der Waals surface area (Å²) in [7, 11) is 1.55. The van der Waals surface area contributed by atoms with E-state index in [4.69, 9.17) is 14.6 Å². The second-order valence-corrected chi connectivity index (χ2v) is 7.32. The van der Waals surface area contributed by atoms with Gasteiger partial charge in [0.25, 0.3) is 0 Å². The number of aryl methyl sites for hydroxylation is 1. The van der Waals surface area contributed by atoms with Crippen molar-refractivity contribution in [1.29, 1.82) is 0 Å². The van der Waals surface area contributed by atoms with Crippen LogP contribution in [0.15, 0.2) is 36.4 Å². The van der Waals surface area contributed by atoms with Crippen LogP contribution in [0.4, 0.5) is 0 Å². The van der Waals surface area contributed by atoms with E-state index in [0.29, 0.717) is 41.4 Å². The largest absolute Gasteiger partial charge is 0.507 e. The zero-order valence-corrected chi connectivity index (χ0v) is 17.1. The van der Waals surface area contributed by atoms with E-state index < -0.39 is 12.6 Å². The molecule has 0 amide bonds. The average molecular weight is 400 g/mol. The van der Waals surface area contributed by atoms with E-state index in [9.17, 15) is 14.7 Å². The standard InChI is InChI=1S/C23H28O6/c1-15(2)4-10-19-21(28-3)13-11-18(23(19)27)20(24)12-7-16-5-8-17(9-6-16)29-14-22(25)26/h5-6,8-9,11,13,15,27H,4,7,10,12,14H2,1-3H3,(H,25,26). The van der Waals surface area contributed by atoms with Crippen molar-refractivity contribution in [3.63, 3.8) is 0 Å². The number of Topliss-reactive ketones (excluding diaryl/α,β-unsaturated/α-hetero) is 1. The molecule has 6 heteroatoms. The van der Waals surface area contributed by atoms with Gasteiger partial charge in [-0.05, 0) is 55.0 Å². The fourth-order valence-corrected chi connectivity index (χ4v) is 3.00. The van der Waals surface area contributed by atoms with Gasteiger partial charge in [0.1, 0.15) is 17.2 Å². The van der Waals surface area contributed by atoms with Gasteiger partial charge in [-0.2, -0.15) is 0 Å². The molecule has 29 heavy (non-hydrogen) atoms. The minimum absolute atomic E-state index is 0.00687. The fourth-order valence-electron chi connectivity index (χ4n) is 3.00. The number of hydrogen-bond donors (Lipinski definition) is 2. The molecule has 0 aliphatic rings. The number of ketones is 1. The molecule has 0 aliphatic heterocycles. The van der Waals surface area contributed by atoms with E-state index in [1.807, 2.05) is 0 Å². The molecular weight excluding hydrogens is 372 g/mol. The molecule has 6 nitrogen and oxygen atoms in total. The molecule has 0 bridgehead atoms. The number of rotatable bonds is 11. The number of carboxylic acids is 1. The van der Waals surface area contributed by atoms with Crippen molar-refractivity contribution < 1.29 is 29.3 Å². The van der Waals surface area contributed by atoms with Gasteiger partial charge >= 0.3 is 5.97 Å². The summed E-state index contributed by atoms with van der Waals surface area (Å²) in [6, 6.07) is 10.3. The number of phenols is 1. The van der Waals surface area contributed by atoms with Crippen LogP contribution in [0.1, 0.15) is 48.2 Å². The number of methoxy groups -OCH3 is 1. The van der Waals surface area contributed by atoms with Gasteiger partial charge in [-0.3, -0.25) is 4.79 Å². The van der Waals surface area contributed by atoms with Gasteiger partial charge in [0.05, 0.1) is 12.7 Å². The lowest BCUT2D eigenvalue weighted by Crippen LogP contribution is -2.09. The van der Waals surface area contributed by atoms with Gasteiger partial charge in [0.15, 0.2) is 12.4 Å². The predicted octanol–water partition coefficient (Wildman–Crippen LogP) is 4.27. The van der Waals surface area contributed by atoms with E-state index in [2.05, 4.69) is 13.8 Å². The van der Waals surface area contributed by atoms with Crippen molar-refractivity contribution in [2.75, 3.05) is 13.7 Å². The topological polar surface area (TPSA) is 93.1 Å². The van der Waals surface area contributed by atoms with Gasteiger partial charge in [-0.25, -0.2) is 4.79 Å². The summed E-state index contributed by atoms with van der Waals surface area (Å²) in [6.07, 6.45) is 2.28. The molecule has 0 saturated heterocycles. The minimum Gasteiger partial charge on any atom is -0.507 e. The van der Waals surface area contributed by atoms with Crippen LogP contribution in [0.3, 0.4) is 0 Å². The molecule has 0 atom stereocenters. The Morgan fingerprint density at radius 2 is 1.72 bits per heavy atom. The smallest absolute Gasteiger partial charge is 0.341 e. The SMILES string of the molecule is COc1ccc(C(=O)CCc2ccc(OCC(=O)O)cc2)c(O)c1CCC(C)C. The molecule has 0 heterocycles. The van der Waals surface area contributed by atoms with E-state index in [-0.39, 0.29) is 18.0 Å². The molecule has 2 rings (SSSR count). The Labute approximate surface area is 171 Å². The average Bonchev–Trinajstić information content (AvgIpc) is 2.69. The molecule has 0 aliphatic carbocycles. The summed E-state index contributed by atoms with van der Waals surface area (Å²) in [4.78, 5) is 23.2. The maximum absolute atomic E-state index is 12.7. The first-order chi connectivity index (χ1) is 13.8. The third-order valence-corrected chi connectivity index (χ3v) is 4.66. The Balaban J connectivity index is 2.04. The Kier molecular flexibility index (Phi) is 8.07. The summed E-state index contributed by atoms with van der Waals surface area (Å²) < 4.78 is 10.4. The van der Waals surface area contributed by atoms with Gasteiger partial charge in [0.2, 0.25) is 0 Å². The van der Waals surface area contributed by atoms with Crippen LogP contribution in [-0.4, -0.2) is 35.7 Å². The van der Waals surface area contributed by atoms with Crippen molar-refractivity contribution in [1.82, 2.24) is 0 Å². The second kappa shape index (κ2) is 10.5. The summed E-state index contributed by atoms with van der Waals surface area (Å²) in [5.74, 6) is 0.365. The molecule has 0 unspecified atom stereocenters. The number of aromatic hydroxyl groups is 1. The first kappa shape index (κ1) is 22.3. The number of carbonyl (C=O) groups excluding carboxylic acids is 1. The number of phenolic OH excluding ortho intramolecular Hbond substituents is 1. The number of carbonyl (C=O) groups is 2. The van der Waals surface area contributed by atoms with Gasteiger partial charge < -0.3 is 19.7 Å². The maximum Gasteiger partial charge on any atom is 0.341 e. The van der Waals surface area contributed by atoms with Gasteiger partial charge in [-0.15, -0.1) is 0 Å². The first-order valence-electron chi connectivity index (χ1n) is 9.67. The molecule has 2 N–H and O–H groups in total. The second-order valence-electron chi connectivity index (χ2n) is 7.32. The summed E-state index contributed by atoms with van der Waals surface area (Å²) in [5.41, 5.74) is 1.91. The van der Waals surface area contributed by atoms with E-state index in [1.54, 1.807) is 43.5 Å². The van der Waals surface area contributed by atoms with Crippen molar-refractivity contribution in [3.05, 3.63) is 53.1 Å². The van der Waals surface area contributed by atoms with Crippen LogP contribution in [0.2, 0.25) is 0 Å². The van der Waals surface area contributed by atoms with Crippen LogP contribution in [0.25, 0.3) is 0 Å².